The van der Waals surface area contributed by atoms with Gasteiger partial charge in [-0.05, 0) is 25.2 Å². The van der Waals surface area contributed by atoms with Gasteiger partial charge in [-0.2, -0.15) is 0 Å². The Balaban J connectivity index is 2.22. The zero-order valence-corrected chi connectivity index (χ0v) is 13.4. The lowest BCUT2D eigenvalue weighted by atomic mass is 9.76. The third-order valence-electron chi connectivity index (χ3n) is 4.56. The Morgan fingerprint density at radius 1 is 1.25 bits per heavy atom. The average Bonchev–Trinajstić information content (AvgIpc) is 2.42. The number of rotatable bonds is 9. The maximum atomic E-state index is 12.0. The van der Waals surface area contributed by atoms with Crippen LogP contribution in [0.1, 0.15) is 84.5 Å². The van der Waals surface area contributed by atoms with E-state index in [1.165, 1.54) is 32.1 Å². The van der Waals surface area contributed by atoms with Gasteiger partial charge in [0.25, 0.3) is 0 Å². The smallest absolute Gasteiger partial charge is 0.220 e. The SMILES string of the molecule is CCCCCCCCC(=O)NC1(CO)CCCC(C)C1. The normalized spacial score (nSPS) is 26.4. The molecule has 3 nitrogen and oxygen atoms in total. The molecule has 1 aliphatic carbocycles. The lowest BCUT2D eigenvalue weighted by Crippen LogP contribution is -2.53. The minimum absolute atomic E-state index is 0.0829. The van der Waals surface area contributed by atoms with Crippen molar-refractivity contribution in [1.82, 2.24) is 5.32 Å². The standard InChI is InChI=1S/C17H33NO2/c1-3-4-5-6-7-8-11-16(20)18-17(14-19)12-9-10-15(2)13-17/h15,19H,3-14H2,1-2H3,(H,18,20). The minimum atomic E-state index is -0.336. The molecule has 0 spiro atoms. The van der Waals surface area contributed by atoms with E-state index in [1.54, 1.807) is 0 Å². The van der Waals surface area contributed by atoms with Crippen LogP contribution in [-0.4, -0.2) is 23.2 Å². The molecule has 0 aromatic rings. The van der Waals surface area contributed by atoms with Crippen molar-refractivity contribution < 1.29 is 9.90 Å². The predicted octanol–water partition coefficient (Wildman–Crippen LogP) is 3.79. The molecule has 1 rings (SSSR count). The molecule has 2 N–H and O–H groups in total. The second-order valence-electron chi connectivity index (χ2n) is 6.71. The monoisotopic (exact) mass is 283 g/mol. The summed E-state index contributed by atoms with van der Waals surface area (Å²) in [5.41, 5.74) is -0.336. The number of amides is 1. The van der Waals surface area contributed by atoms with Crippen molar-refractivity contribution in [3.8, 4) is 0 Å². The number of carbonyl (C=O) groups is 1. The van der Waals surface area contributed by atoms with E-state index < -0.39 is 0 Å². The molecule has 1 aliphatic rings. The Labute approximate surface area is 124 Å². The van der Waals surface area contributed by atoms with Gasteiger partial charge in [0.2, 0.25) is 5.91 Å². The summed E-state index contributed by atoms with van der Waals surface area (Å²) in [5.74, 6) is 0.730. The fourth-order valence-electron chi connectivity index (χ4n) is 3.38. The van der Waals surface area contributed by atoms with Crippen LogP contribution in [0.4, 0.5) is 0 Å². The first kappa shape index (κ1) is 17.5. The van der Waals surface area contributed by atoms with E-state index in [9.17, 15) is 9.90 Å². The summed E-state index contributed by atoms with van der Waals surface area (Å²) in [7, 11) is 0. The first-order valence-electron chi connectivity index (χ1n) is 8.54. The van der Waals surface area contributed by atoms with Crippen LogP contribution in [-0.2, 0) is 4.79 Å². The summed E-state index contributed by atoms with van der Waals surface area (Å²) >= 11 is 0. The summed E-state index contributed by atoms with van der Waals surface area (Å²) in [6, 6.07) is 0. The van der Waals surface area contributed by atoms with Gasteiger partial charge in [-0.15, -0.1) is 0 Å². The summed E-state index contributed by atoms with van der Waals surface area (Å²) in [6.45, 7) is 4.51. The van der Waals surface area contributed by atoms with Crippen LogP contribution < -0.4 is 5.32 Å². The van der Waals surface area contributed by atoms with Crippen LogP contribution in [0.2, 0.25) is 0 Å². The maximum absolute atomic E-state index is 12.0. The van der Waals surface area contributed by atoms with E-state index in [-0.39, 0.29) is 18.1 Å². The maximum Gasteiger partial charge on any atom is 0.220 e. The van der Waals surface area contributed by atoms with Crippen molar-refractivity contribution in [3.05, 3.63) is 0 Å². The Morgan fingerprint density at radius 2 is 1.95 bits per heavy atom. The summed E-state index contributed by atoms with van der Waals surface area (Å²) in [4.78, 5) is 12.0. The molecule has 1 saturated carbocycles. The average molecular weight is 283 g/mol. The molecule has 0 aromatic carbocycles. The van der Waals surface area contributed by atoms with Crippen LogP contribution in [0.15, 0.2) is 0 Å². The number of unbranched alkanes of at least 4 members (excludes halogenated alkanes) is 5. The molecule has 118 valence electrons. The molecule has 1 amide bonds. The number of nitrogens with one attached hydrogen (secondary N) is 1. The second-order valence-corrected chi connectivity index (χ2v) is 6.71. The van der Waals surface area contributed by atoms with Gasteiger partial charge in [0.15, 0.2) is 0 Å². The third kappa shape index (κ3) is 6.25. The topological polar surface area (TPSA) is 49.3 Å². The van der Waals surface area contributed by atoms with Crippen molar-refractivity contribution in [3.63, 3.8) is 0 Å². The molecule has 0 bridgehead atoms. The van der Waals surface area contributed by atoms with Crippen LogP contribution in [0, 0.1) is 5.92 Å². The van der Waals surface area contributed by atoms with Crippen LogP contribution >= 0.6 is 0 Å². The lowest BCUT2D eigenvalue weighted by molar-refractivity contribution is -0.124. The highest BCUT2D eigenvalue weighted by molar-refractivity contribution is 5.76. The van der Waals surface area contributed by atoms with E-state index in [4.69, 9.17) is 0 Å². The Hall–Kier alpha value is -0.570. The number of hydrogen-bond acceptors (Lipinski definition) is 2. The fraction of sp³-hybridized carbons (Fsp3) is 0.941. The molecule has 2 atom stereocenters. The van der Waals surface area contributed by atoms with Crippen molar-refractivity contribution in [1.29, 1.82) is 0 Å². The highest BCUT2D eigenvalue weighted by atomic mass is 16.3. The number of carbonyl (C=O) groups excluding carboxylic acids is 1. The molecular formula is C17H33NO2. The van der Waals surface area contributed by atoms with Gasteiger partial charge in [-0.25, -0.2) is 0 Å². The molecule has 0 saturated heterocycles. The Morgan fingerprint density at radius 3 is 2.60 bits per heavy atom. The van der Waals surface area contributed by atoms with Gasteiger partial charge in [-0.3, -0.25) is 4.79 Å². The van der Waals surface area contributed by atoms with Gasteiger partial charge in [-0.1, -0.05) is 58.8 Å². The molecule has 2 unspecified atom stereocenters. The Bertz CT molecular complexity index is 280. The third-order valence-corrected chi connectivity index (χ3v) is 4.56. The van der Waals surface area contributed by atoms with E-state index >= 15 is 0 Å². The van der Waals surface area contributed by atoms with Crippen LogP contribution in [0.25, 0.3) is 0 Å². The van der Waals surface area contributed by atoms with E-state index in [0.717, 1.165) is 32.1 Å². The summed E-state index contributed by atoms with van der Waals surface area (Å²) in [6.07, 6.45) is 12.0. The molecule has 3 heteroatoms. The molecule has 0 aliphatic heterocycles. The van der Waals surface area contributed by atoms with Gasteiger partial charge in [0.05, 0.1) is 12.1 Å². The molecule has 0 heterocycles. The van der Waals surface area contributed by atoms with Gasteiger partial charge < -0.3 is 10.4 Å². The van der Waals surface area contributed by atoms with E-state index in [0.29, 0.717) is 12.3 Å². The van der Waals surface area contributed by atoms with Gasteiger partial charge >= 0.3 is 0 Å². The molecule has 0 aromatic heterocycles. The first-order chi connectivity index (χ1) is 9.62. The quantitative estimate of drug-likeness (QED) is 0.632. The highest BCUT2D eigenvalue weighted by Gasteiger charge is 2.35. The lowest BCUT2D eigenvalue weighted by Gasteiger charge is -2.39. The molecule has 1 fully saturated rings. The first-order valence-corrected chi connectivity index (χ1v) is 8.54. The number of hydrogen-bond donors (Lipinski definition) is 2. The Kier molecular flexibility index (Phi) is 8.20. The van der Waals surface area contributed by atoms with Crippen molar-refractivity contribution in [2.24, 2.45) is 5.92 Å². The molecular weight excluding hydrogens is 250 g/mol. The number of aliphatic hydroxyl groups is 1. The van der Waals surface area contributed by atoms with Crippen LogP contribution in [0.5, 0.6) is 0 Å². The fourth-order valence-corrected chi connectivity index (χ4v) is 3.38. The summed E-state index contributed by atoms with van der Waals surface area (Å²) < 4.78 is 0. The zero-order valence-electron chi connectivity index (χ0n) is 13.4. The summed E-state index contributed by atoms with van der Waals surface area (Å²) in [5, 5.41) is 12.8. The number of aliphatic hydroxyl groups excluding tert-OH is 1. The van der Waals surface area contributed by atoms with Gasteiger partial charge in [0.1, 0.15) is 0 Å². The minimum Gasteiger partial charge on any atom is -0.394 e. The molecule has 20 heavy (non-hydrogen) atoms. The predicted molar refractivity (Wildman–Crippen MR) is 83.6 cm³/mol. The van der Waals surface area contributed by atoms with E-state index in [2.05, 4.69) is 19.2 Å². The second kappa shape index (κ2) is 9.38. The van der Waals surface area contributed by atoms with E-state index in [1.807, 2.05) is 0 Å². The zero-order chi connectivity index (χ0) is 14.8. The largest absolute Gasteiger partial charge is 0.394 e. The highest BCUT2D eigenvalue weighted by Crippen LogP contribution is 2.32. The van der Waals surface area contributed by atoms with Crippen molar-refractivity contribution in [2.45, 2.75) is 90.0 Å². The van der Waals surface area contributed by atoms with Gasteiger partial charge in [0, 0.05) is 6.42 Å². The van der Waals surface area contributed by atoms with Crippen molar-refractivity contribution >= 4 is 5.91 Å². The van der Waals surface area contributed by atoms with Crippen LogP contribution in [0.3, 0.4) is 0 Å². The molecule has 0 radical (unpaired) electrons. The van der Waals surface area contributed by atoms with Crippen molar-refractivity contribution in [2.75, 3.05) is 6.61 Å².